The van der Waals surface area contributed by atoms with Crippen LogP contribution >= 0.6 is 0 Å². The first-order chi connectivity index (χ1) is 12.9. The first kappa shape index (κ1) is 18.2. The Morgan fingerprint density at radius 2 is 1.93 bits per heavy atom. The van der Waals surface area contributed by atoms with E-state index in [9.17, 15) is 18.4 Å². The molecular formula is C18H13F2N3O4. The summed E-state index contributed by atoms with van der Waals surface area (Å²) in [6.07, 6.45) is -0.479. The van der Waals surface area contributed by atoms with Crippen molar-refractivity contribution >= 4 is 11.9 Å². The van der Waals surface area contributed by atoms with Crippen molar-refractivity contribution < 1.29 is 28.0 Å². The quantitative estimate of drug-likeness (QED) is 0.688. The molecule has 0 aliphatic heterocycles. The van der Waals surface area contributed by atoms with Gasteiger partial charge < -0.3 is 14.9 Å². The summed E-state index contributed by atoms with van der Waals surface area (Å²) in [6.45, 7) is 0. The topological polar surface area (TPSA) is 105 Å². The zero-order chi connectivity index (χ0) is 19.4. The van der Waals surface area contributed by atoms with Gasteiger partial charge in [-0.1, -0.05) is 29.4 Å². The van der Waals surface area contributed by atoms with Crippen LogP contribution in [0.2, 0.25) is 0 Å². The summed E-state index contributed by atoms with van der Waals surface area (Å²) in [6, 6.07) is 9.84. The SMILES string of the molecule is O=C(O)C[C@H](NC(=O)c1noc(-c2ccccc2F)n1)c1cccc(F)c1. The third-order valence-corrected chi connectivity index (χ3v) is 3.67. The maximum Gasteiger partial charge on any atom is 0.305 e. The molecule has 0 unspecified atom stereocenters. The van der Waals surface area contributed by atoms with Crippen LogP contribution in [0.25, 0.3) is 11.5 Å². The number of hydrogen-bond acceptors (Lipinski definition) is 5. The Hall–Kier alpha value is -3.62. The molecule has 0 fully saturated rings. The second-order valence-electron chi connectivity index (χ2n) is 5.58. The summed E-state index contributed by atoms with van der Waals surface area (Å²) < 4.78 is 32.1. The number of halogens is 2. The molecule has 9 heteroatoms. The molecule has 3 rings (SSSR count). The third-order valence-electron chi connectivity index (χ3n) is 3.67. The van der Waals surface area contributed by atoms with Crippen LogP contribution in [0.5, 0.6) is 0 Å². The Morgan fingerprint density at radius 1 is 1.15 bits per heavy atom. The van der Waals surface area contributed by atoms with Gasteiger partial charge >= 0.3 is 5.97 Å². The fourth-order valence-electron chi connectivity index (χ4n) is 2.43. The van der Waals surface area contributed by atoms with E-state index in [2.05, 4.69) is 15.5 Å². The molecule has 0 spiro atoms. The van der Waals surface area contributed by atoms with Crippen molar-refractivity contribution in [2.75, 3.05) is 0 Å². The molecule has 0 radical (unpaired) electrons. The number of carbonyl (C=O) groups excluding carboxylic acids is 1. The monoisotopic (exact) mass is 373 g/mol. The average molecular weight is 373 g/mol. The molecule has 1 heterocycles. The minimum Gasteiger partial charge on any atom is -0.481 e. The molecule has 7 nitrogen and oxygen atoms in total. The molecule has 3 aromatic rings. The third kappa shape index (κ3) is 4.32. The molecule has 0 saturated carbocycles. The first-order valence-corrected chi connectivity index (χ1v) is 7.81. The van der Waals surface area contributed by atoms with Crippen LogP contribution in [0.1, 0.15) is 28.6 Å². The van der Waals surface area contributed by atoms with Crippen molar-refractivity contribution in [3.8, 4) is 11.5 Å². The van der Waals surface area contributed by atoms with Gasteiger partial charge in [-0.25, -0.2) is 8.78 Å². The molecule has 138 valence electrons. The van der Waals surface area contributed by atoms with Crippen LogP contribution in [0.3, 0.4) is 0 Å². The van der Waals surface area contributed by atoms with Crippen LogP contribution in [-0.4, -0.2) is 27.1 Å². The average Bonchev–Trinajstić information content (AvgIpc) is 3.11. The van der Waals surface area contributed by atoms with Gasteiger partial charge in [0.1, 0.15) is 11.6 Å². The highest BCUT2D eigenvalue weighted by Gasteiger charge is 2.23. The Morgan fingerprint density at radius 3 is 2.63 bits per heavy atom. The van der Waals surface area contributed by atoms with Crippen molar-refractivity contribution in [2.24, 2.45) is 0 Å². The van der Waals surface area contributed by atoms with Crippen LogP contribution in [0, 0.1) is 11.6 Å². The number of hydrogen-bond donors (Lipinski definition) is 2. The number of benzene rings is 2. The van der Waals surface area contributed by atoms with Crippen molar-refractivity contribution in [3.63, 3.8) is 0 Å². The Kier molecular flexibility index (Phi) is 5.20. The standard InChI is InChI=1S/C18H13F2N3O4/c19-11-5-3-4-10(8-11)14(9-15(24)25)21-17(26)16-22-18(27-23-16)12-6-1-2-7-13(12)20/h1-8,14H,9H2,(H,21,26)(H,24,25)/t14-/m0/s1. The van der Waals surface area contributed by atoms with E-state index in [1.807, 2.05) is 0 Å². The summed E-state index contributed by atoms with van der Waals surface area (Å²) >= 11 is 0. The molecule has 0 saturated heterocycles. The number of amides is 1. The van der Waals surface area contributed by atoms with Crippen LogP contribution in [0.15, 0.2) is 53.1 Å². The number of carbonyl (C=O) groups is 2. The van der Waals surface area contributed by atoms with Gasteiger partial charge in [0.25, 0.3) is 17.6 Å². The van der Waals surface area contributed by atoms with Crippen LogP contribution in [-0.2, 0) is 4.79 Å². The highest BCUT2D eigenvalue weighted by molar-refractivity contribution is 5.91. The van der Waals surface area contributed by atoms with E-state index in [0.717, 1.165) is 6.07 Å². The first-order valence-electron chi connectivity index (χ1n) is 7.81. The second-order valence-corrected chi connectivity index (χ2v) is 5.58. The van der Waals surface area contributed by atoms with Gasteiger partial charge in [-0.15, -0.1) is 0 Å². The predicted molar refractivity (Wildman–Crippen MR) is 88.6 cm³/mol. The molecule has 27 heavy (non-hydrogen) atoms. The summed E-state index contributed by atoms with van der Waals surface area (Å²) in [5, 5.41) is 15.0. The van der Waals surface area contributed by atoms with Crippen LogP contribution < -0.4 is 5.32 Å². The van der Waals surface area contributed by atoms with Crippen molar-refractivity contribution in [1.29, 1.82) is 0 Å². The van der Waals surface area contributed by atoms with E-state index < -0.39 is 41.8 Å². The fraction of sp³-hybridized carbons (Fsp3) is 0.111. The number of aliphatic carboxylic acids is 1. The van der Waals surface area contributed by atoms with E-state index >= 15 is 0 Å². The molecule has 0 aliphatic carbocycles. The minimum absolute atomic E-state index is 0.0243. The molecule has 1 amide bonds. The number of nitrogens with zero attached hydrogens (tertiary/aromatic N) is 2. The summed E-state index contributed by atoms with van der Waals surface area (Å²) in [5.41, 5.74) is 0.292. The number of carboxylic acids is 1. The van der Waals surface area contributed by atoms with Gasteiger partial charge in [0.05, 0.1) is 18.0 Å². The molecule has 2 aromatic carbocycles. The normalized spacial score (nSPS) is 11.8. The largest absolute Gasteiger partial charge is 0.481 e. The van der Waals surface area contributed by atoms with Gasteiger partial charge in [-0.2, -0.15) is 4.98 Å². The van der Waals surface area contributed by atoms with Gasteiger partial charge in [-0.05, 0) is 29.8 Å². The zero-order valence-corrected chi connectivity index (χ0v) is 13.7. The molecule has 0 aliphatic rings. The van der Waals surface area contributed by atoms with Crippen molar-refractivity contribution in [2.45, 2.75) is 12.5 Å². The number of nitrogens with one attached hydrogen (secondary N) is 1. The van der Waals surface area contributed by atoms with E-state index in [1.54, 1.807) is 6.07 Å². The number of aromatic nitrogens is 2. The highest BCUT2D eigenvalue weighted by atomic mass is 19.1. The van der Waals surface area contributed by atoms with Crippen molar-refractivity contribution in [3.05, 3.63) is 71.6 Å². The lowest BCUT2D eigenvalue weighted by molar-refractivity contribution is -0.137. The summed E-state index contributed by atoms with van der Waals surface area (Å²) in [4.78, 5) is 27.3. The maximum absolute atomic E-state index is 13.8. The highest BCUT2D eigenvalue weighted by Crippen LogP contribution is 2.21. The fourth-order valence-corrected chi connectivity index (χ4v) is 2.43. The van der Waals surface area contributed by atoms with E-state index in [4.69, 9.17) is 9.63 Å². The molecule has 0 bridgehead atoms. The van der Waals surface area contributed by atoms with E-state index in [-0.39, 0.29) is 17.0 Å². The van der Waals surface area contributed by atoms with Crippen molar-refractivity contribution in [1.82, 2.24) is 15.5 Å². The molecule has 2 N–H and O–H groups in total. The lowest BCUT2D eigenvalue weighted by atomic mass is 10.0. The number of rotatable bonds is 6. The molecular weight excluding hydrogens is 360 g/mol. The van der Waals surface area contributed by atoms with Gasteiger partial charge in [-0.3, -0.25) is 9.59 Å². The van der Waals surface area contributed by atoms with E-state index in [1.165, 1.54) is 36.4 Å². The molecule has 1 atom stereocenters. The van der Waals surface area contributed by atoms with Gasteiger partial charge in [0, 0.05) is 0 Å². The second kappa shape index (κ2) is 7.73. The molecule has 1 aromatic heterocycles. The maximum atomic E-state index is 13.8. The Bertz CT molecular complexity index is 990. The van der Waals surface area contributed by atoms with Gasteiger partial charge in [0.2, 0.25) is 0 Å². The minimum atomic E-state index is -1.19. The van der Waals surface area contributed by atoms with Gasteiger partial charge in [0.15, 0.2) is 0 Å². The summed E-state index contributed by atoms with van der Waals surface area (Å²) in [5.74, 6) is -3.80. The van der Waals surface area contributed by atoms with E-state index in [0.29, 0.717) is 0 Å². The lowest BCUT2D eigenvalue weighted by Crippen LogP contribution is -2.31. The Balaban J connectivity index is 1.82. The Labute approximate surface area is 151 Å². The lowest BCUT2D eigenvalue weighted by Gasteiger charge is -2.16. The van der Waals surface area contributed by atoms with Crippen LogP contribution in [0.4, 0.5) is 8.78 Å². The predicted octanol–water partition coefficient (Wildman–Crippen LogP) is 2.96. The smallest absolute Gasteiger partial charge is 0.305 e. The zero-order valence-electron chi connectivity index (χ0n) is 13.7. The summed E-state index contributed by atoms with van der Waals surface area (Å²) in [7, 11) is 0. The number of carboxylic acid groups (broad SMARTS) is 1.